The van der Waals surface area contributed by atoms with Gasteiger partial charge in [0.25, 0.3) is 0 Å². The molecule has 0 saturated heterocycles. The van der Waals surface area contributed by atoms with Crippen molar-refractivity contribution in [1.82, 2.24) is 30.1 Å². The average molecular weight is 453 g/mol. The number of aromatic amines is 1. The standard InChI is InChI=1S/C21H24N8O2S/c1-13-10-18(27-26-13)24-20-17-4-3-9-29(17)28-21(25-20)32-16-7-5-15(6-8-16)23-19(31)11-22-14(2)12-30/h3-10,14,22,30H,11-12H2,1-2H3,(H,23,31)(H2,24,25,26,27,28)/t14-/m1/s1. The monoisotopic (exact) mass is 452 g/mol. The van der Waals surface area contributed by atoms with Gasteiger partial charge in [0.15, 0.2) is 11.6 Å². The van der Waals surface area contributed by atoms with Crippen LogP contribution in [-0.4, -0.2) is 55.0 Å². The Morgan fingerprint density at radius 3 is 2.81 bits per heavy atom. The van der Waals surface area contributed by atoms with Crippen molar-refractivity contribution >= 4 is 40.5 Å². The summed E-state index contributed by atoms with van der Waals surface area (Å²) in [5.74, 6) is 1.17. The Hall–Kier alpha value is -3.41. The maximum absolute atomic E-state index is 12.0. The van der Waals surface area contributed by atoms with Crippen LogP contribution in [0, 0.1) is 6.92 Å². The lowest BCUT2D eigenvalue weighted by Crippen LogP contribution is -2.36. The first-order valence-corrected chi connectivity index (χ1v) is 10.9. The fraction of sp³-hybridized carbons (Fsp3) is 0.238. The van der Waals surface area contributed by atoms with E-state index < -0.39 is 0 Å². The lowest BCUT2D eigenvalue weighted by atomic mass is 10.3. The number of aliphatic hydroxyl groups excluding tert-OH is 1. The van der Waals surface area contributed by atoms with E-state index in [1.807, 2.05) is 62.5 Å². The van der Waals surface area contributed by atoms with E-state index >= 15 is 0 Å². The predicted octanol–water partition coefficient (Wildman–Crippen LogP) is 2.56. The van der Waals surface area contributed by atoms with Gasteiger partial charge in [0.2, 0.25) is 11.1 Å². The first-order valence-electron chi connectivity index (χ1n) is 10.1. The summed E-state index contributed by atoms with van der Waals surface area (Å²) in [6, 6.07) is 13.1. The summed E-state index contributed by atoms with van der Waals surface area (Å²) in [6.07, 6.45) is 1.87. The summed E-state index contributed by atoms with van der Waals surface area (Å²) in [4.78, 5) is 17.6. The number of hydrogen-bond donors (Lipinski definition) is 5. The number of aromatic nitrogens is 5. The number of carbonyl (C=O) groups is 1. The Bertz CT molecular complexity index is 1200. The van der Waals surface area contributed by atoms with Gasteiger partial charge in [0.1, 0.15) is 5.52 Å². The highest BCUT2D eigenvalue weighted by Crippen LogP contribution is 2.28. The minimum atomic E-state index is -0.170. The fourth-order valence-electron chi connectivity index (χ4n) is 2.90. The number of hydrogen-bond acceptors (Lipinski definition) is 8. The molecule has 0 aliphatic heterocycles. The SMILES string of the molecule is Cc1cc(Nc2nc(Sc3ccc(NC(=O)CN[C@H](C)CO)cc3)nn3cccc23)n[nH]1. The quantitative estimate of drug-likeness (QED) is 0.262. The number of amides is 1. The molecule has 166 valence electrons. The van der Waals surface area contributed by atoms with Gasteiger partial charge >= 0.3 is 0 Å². The van der Waals surface area contributed by atoms with Gasteiger partial charge in [-0.05, 0) is 62.0 Å². The molecule has 1 aromatic carbocycles. The minimum absolute atomic E-state index is 0.0192. The number of rotatable bonds is 9. The number of benzene rings is 1. The normalized spacial score (nSPS) is 12.1. The van der Waals surface area contributed by atoms with Crippen molar-refractivity contribution in [3.05, 3.63) is 54.4 Å². The number of carbonyl (C=O) groups excluding carboxylic acids is 1. The molecule has 0 spiro atoms. The summed E-state index contributed by atoms with van der Waals surface area (Å²) in [6.45, 7) is 3.86. The molecule has 3 aromatic heterocycles. The van der Waals surface area contributed by atoms with E-state index in [4.69, 9.17) is 5.11 Å². The predicted molar refractivity (Wildman–Crippen MR) is 123 cm³/mol. The minimum Gasteiger partial charge on any atom is -0.395 e. The first-order chi connectivity index (χ1) is 15.5. The molecule has 0 aliphatic rings. The largest absolute Gasteiger partial charge is 0.395 e. The van der Waals surface area contributed by atoms with Crippen LogP contribution in [0.3, 0.4) is 0 Å². The second-order valence-electron chi connectivity index (χ2n) is 7.28. The molecular formula is C21H24N8O2S. The smallest absolute Gasteiger partial charge is 0.238 e. The Morgan fingerprint density at radius 2 is 2.09 bits per heavy atom. The second kappa shape index (κ2) is 9.81. The Balaban J connectivity index is 1.44. The molecule has 0 aliphatic carbocycles. The van der Waals surface area contributed by atoms with Gasteiger partial charge in [0, 0.05) is 34.6 Å². The Morgan fingerprint density at radius 1 is 1.28 bits per heavy atom. The topological polar surface area (TPSA) is 132 Å². The number of aryl methyl sites for hydroxylation is 1. The molecular weight excluding hydrogens is 428 g/mol. The highest BCUT2D eigenvalue weighted by molar-refractivity contribution is 7.99. The van der Waals surface area contributed by atoms with Crippen LogP contribution in [-0.2, 0) is 4.79 Å². The zero-order valence-electron chi connectivity index (χ0n) is 17.7. The van der Waals surface area contributed by atoms with Crippen LogP contribution in [0.4, 0.5) is 17.3 Å². The van der Waals surface area contributed by atoms with Gasteiger partial charge in [0.05, 0.1) is 13.2 Å². The van der Waals surface area contributed by atoms with Gasteiger partial charge in [-0.25, -0.2) is 9.50 Å². The lowest BCUT2D eigenvalue weighted by molar-refractivity contribution is -0.115. The van der Waals surface area contributed by atoms with E-state index in [0.29, 0.717) is 22.5 Å². The van der Waals surface area contributed by atoms with Crippen LogP contribution in [0.2, 0.25) is 0 Å². The van der Waals surface area contributed by atoms with Crippen molar-refractivity contribution < 1.29 is 9.90 Å². The highest BCUT2D eigenvalue weighted by Gasteiger charge is 2.11. The Kier molecular flexibility index (Phi) is 6.69. The third-order valence-corrected chi connectivity index (χ3v) is 5.42. The van der Waals surface area contributed by atoms with Crippen molar-refractivity contribution in [2.75, 3.05) is 23.8 Å². The summed E-state index contributed by atoms with van der Waals surface area (Å²) in [7, 11) is 0. The van der Waals surface area contributed by atoms with E-state index in [9.17, 15) is 4.79 Å². The number of aliphatic hydroxyl groups is 1. The van der Waals surface area contributed by atoms with Gasteiger partial charge in [-0.1, -0.05) is 0 Å². The molecule has 0 radical (unpaired) electrons. The molecule has 3 heterocycles. The van der Waals surface area contributed by atoms with Crippen LogP contribution in [0.25, 0.3) is 5.52 Å². The molecule has 0 fully saturated rings. The van der Waals surface area contributed by atoms with Crippen LogP contribution >= 0.6 is 11.8 Å². The average Bonchev–Trinajstić information content (AvgIpc) is 3.42. The van der Waals surface area contributed by atoms with Crippen LogP contribution in [0.15, 0.2) is 58.7 Å². The molecule has 11 heteroatoms. The van der Waals surface area contributed by atoms with Crippen molar-refractivity contribution in [1.29, 1.82) is 0 Å². The van der Waals surface area contributed by atoms with Gasteiger partial charge in [-0.2, -0.15) is 5.10 Å². The molecule has 10 nitrogen and oxygen atoms in total. The van der Waals surface area contributed by atoms with Crippen LogP contribution in [0.5, 0.6) is 0 Å². The highest BCUT2D eigenvalue weighted by atomic mass is 32.2. The van der Waals surface area contributed by atoms with Crippen LogP contribution in [0.1, 0.15) is 12.6 Å². The maximum atomic E-state index is 12.0. The number of H-pyrrole nitrogens is 1. The molecule has 0 saturated carbocycles. The van der Waals surface area contributed by atoms with Crippen LogP contribution < -0.4 is 16.0 Å². The zero-order chi connectivity index (χ0) is 22.5. The number of anilines is 3. The zero-order valence-corrected chi connectivity index (χ0v) is 18.5. The van der Waals surface area contributed by atoms with E-state index in [-0.39, 0.29) is 25.1 Å². The van der Waals surface area contributed by atoms with Crippen molar-refractivity contribution in [3.8, 4) is 0 Å². The number of nitrogens with zero attached hydrogens (tertiary/aromatic N) is 4. The maximum Gasteiger partial charge on any atom is 0.238 e. The number of nitrogens with one attached hydrogen (secondary N) is 4. The Labute approximate surface area is 188 Å². The summed E-state index contributed by atoms with van der Waals surface area (Å²) >= 11 is 1.42. The third kappa shape index (κ3) is 5.44. The molecule has 1 atom stereocenters. The van der Waals surface area contributed by atoms with E-state index in [1.54, 1.807) is 4.52 Å². The number of fused-ring (bicyclic) bond motifs is 1. The van der Waals surface area contributed by atoms with Gasteiger partial charge < -0.3 is 21.1 Å². The molecule has 4 aromatic rings. The van der Waals surface area contributed by atoms with E-state index in [2.05, 4.69) is 36.2 Å². The molecule has 32 heavy (non-hydrogen) atoms. The van der Waals surface area contributed by atoms with Crippen molar-refractivity contribution in [3.63, 3.8) is 0 Å². The summed E-state index contributed by atoms with van der Waals surface area (Å²) in [5, 5.41) is 30.3. The van der Waals surface area contributed by atoms with Gasteiger partial charge in [-0.3, -0.25) is 9.89 Å². The molecule has 0 bridgehead atoms. The summed E-state index contributed by atoms with van der Waals surface area (Å²) < 4.78 is 1.77. The van der Waals surface area contributed by atoms with Gasteiger partial charge in [-0.15, -0.1) is 5.10 Å². The molecule has 1 amide bonds. The summed E-state index contributed by atoms with van der Waals surface area (Å²) in [5.41, 5.74) is 2.49. The van der Waals surface area contributed by atoms with Crippen molar-refractivity contribution in [2.45, 2.75) is 29.9 Å². The molecule has 5 N–H and O–H groups in total. The molecule has 0 unspecified atom stereocenters. The lowest BCUT2D eigenvalue weighted by Gasteiger charge is -2.11. The first kappa shape index (κ1) is 21.8. The van der Waals surface area contributed by atoms with Crippen molar-refractivity contribution in [2.24, 2.45) is 0 Å². The molecule has 4 rings (SSSR count). The second-order valence-corrected chi connectivity index (χ2v) is 8.32. The van der Waals surface area contributed by atoms with E-state index in [1.165, 1.54) is 11.8 Å². The van der Waals surface area contributed by atoms with E-state index in [0.717, 1.165) is 16.1 Å². The third-order valence-electron chi connectivity index (χ3n) is 4.56. The fourth-order valence-corrected chi connectivity index (χ4v) is 3.65.